The van der Waals surface area contributed by atoms with Crippen LogP contribution in [0, 0.1) is 0 Å². The van der Waals surface area contributed by atoms with Gasteiger partial charge in [-0.2, -0.15) is 0 Å². The van der Waals surface area contributed by atoms with Gasteiger partial charge in [0.05, 0.1) is 5.69 Å². The van der Waals surface area contributed by atoms with Crippen LogP contribution in [0.3, 0.4) is 0 Å². The first-order valence-corrected chi connectivity index (χ1v) is 6.09. The highest BCUT2D eigenvalue weighted by molar-refractivity contribution is 6.35. The number of carbonyl (C=O) groups is 2. The number of halogens is 2. The monoisotopic (exact) mass is 286 g/mol. The molecule has 4 nitrogen and oxygen atoms in total. The molecule has 1 saturated heterocycles. The van der Waals surface area contributed by atoms with Crippen LogP contribution in [0.25, 0.3) is 0 Å². The van der Waals surface area contributed by atoms with Gasteiger partial charge in [0.1, 0.15) is 5.54 Å². The maximum absolute atomic E-state index is 12.2. The fraction of sp³-hybridized carbons (Fsp3) is 0.333. The Hall–Kier alpha value is -1.26. The van der Waals surface area contributed by atoms with Gasteiger partial charge in [-0.15, -0.1) is 0 Å². The topological polar surface area (TPSA) is 40.6 Å². The van der Waals surface area contributed by atoms with Gasteiger partial charge in [-0.1, -0.05) is 23.2 Å². The number of likely N-dealkylation sites (N-methyl/N-ethyl adjacent to an activating group) is 1. The van der Waals surface area contributed by atoms with E-state index in [4.69, 9.17) is 23.2 Å². The van der Waals surface area contributed by atoms with Crippen molar-refractivity contribution in [3.8, 4) is 0 Å². The number of carbonyl (C=O) groups excluding carboxylic acids is 2. The van der Waals surface area contributed by atoms with E-state index in [1.165, 1.54) is 4.90 Å². The normalized spacial score (nSPS) is 18.7. The maximum atomic E-state index is 12.2. The number of nitrogens with zero attached hydrogens (tertiary/aromatic N) is 2. The lowest BCUT2D eigenvalue weighted by Gasteiger charge is -2.22. The number of urea groups is 1. The van der Waals surface area contributed by atoms with Crippen molar-refractivity contribution in [1.29, 1.82) is 0 Å². The number of rotatable bonds is 1. The number of anilines is 1. The summed E-state index contributed by atoms with van der Waals surface area (Å²) < 4.78 is 0. The van der Waals surface area contributed by atoms with Gasteiger partial charge in [-0.25, -0.2) is 9.69 Å². The molecular formula is C12H12Cl2N2O2. The summed E-state index contributed by atoms with van der Waals surface area (Å²) in [5.74, 6) is -0.298. The van der Waals surface area contributed by atoms with Crippen molar-refractivity contribution in [3.63, 3.8) is 0 Å². The lowest BCUT2D eigenvalue weighted by atomic mass is 10.1. The maximum Gasteiger partial charge on any atom is 0.332 e. The van der Waals surface area contributed by atoms with Gasteiger partial charge in [0.25, 0.3) is 5.91 Å². The molecule has 0 bridgehead atoms. The third kappa shape index (κ3) is 1.85. The van der Waals surface area contributed by atoms with E-state index in [0.29, 0.717) is 15.7 Å². The quantitative estimate of drug-likeness (QED) is 0.744. The molecule has 18 heavy (non-hydrogen) atoms. The predicted octanol–water partition coefficient (Wildman–Crippen LogP) is 3.17. The fourth-order valence-corrected chi connectivity index (χ4v) is 2.30. The molecule has 3 amide bonds. The molecule has 0 spiro atoms. The van der Waals surface area contributed by atoms with Crippen LogP contribution in [0.15, 0.2) is 18.2 Å². The van der Waals surface area contributed by atoms with Crippen LogP contribution in [0.4, 0.5) is 10.5 Å². The van der Waals surface area contributed by atoms with Crippen molar-refractivity contribution >= 4 is 40.8 Å². The van der Waals surface area contributed by atoms with Crippen LogP contribution in [-0.4, -0.2) is 29.4 Å². The molecule has 1 aromatic carbocycles. The van der Waals surface area contributed by atoms with Crippen LogP contribution in [0.2, 0.25) is 10.0 Å². The van der Waals surface area contributed by atoms with E-state index >= 15 is 0 Å². The van der Waals surface area contributed by atoms with Gasteiger partial charge in [0.2, 0.25) is 0 Å². The first-order valence-electron chi connectivity index (χ1n) is 5.33. The van der Waals surface area contributed by atoms with Gasteiger partial charge in [0.15, 0.2) is 0 Å². The summed E-state index contributed by atoms with van der Waals surface area (Å²) in [5.41, 5.74) is -0.480. The molecule has 1 heterocycles. The molecule has 1 aromatic rings. The third-order valence-corrected chi connectivity index (χ3v) is 3.59. The van der Waals surface area contributed by atoms with Crippen molar-refractivity contribution in [3.05, 3.63) is 28.2 Å². The standard InChI is InChI=1S/C12H12Cl2N2O2/c1-12(2)10(17)16(11(18)15(12)3)9-5-7(13)4-8(14)6-9/h4-6H,1-3H3. The third-order valence-electron chi connectivity index (χ3n) is 3.15. The summed E-state index contributed by atoms with van der Waals surface area (Å²) in [6, 6.07) is 4.24. The van der Waals surface area contributed by atoms with Crippen LogP contribution < -0.4 is 4.90 Å². The van der Waals surface area contributed by atoms with E-state index < -0.39 is 5.54 Å². The Morgan fingerprint density at radius 1 is 1.06 bits per heavy atom. The lowest BCUT2D eigenvalue weighted by Crippen LogP contribution is -2.41. The smallest absolute Gasteiger partial charge is 0.313 e. The molecule has 0 saturated carbocycles. The zero-order chi connectivity index (χ0) is 13.7. The first kappa shape index (κ1) is 13.2. The van der Waals surface area contributed by atoms with Gasteiger partial charge in [-0.3, -0.25) is 4.79 Å². The molecule has 2 rings (SSSR count). The minimum atomic E-state index is -0.869. The molecule has 6 heteroatoms. The molecule has 0 radical (unpaired) electrons. The second-order valence-corrected chi connectivity index (χ2v) is 5.54. The van der Waals surface area contributed by atoms with Crippen LogP contribution in [0.5, 0.6) is 0 Å². The molecule has 96 valence electrons. The zero-order valence-electron chi connectivity index (χ0n) is 10.2. The Morgan fingerprint density at radius 3 is 1.94 bits per heavy atom. The first-order chi connectivity index (χ1) is 8.25. The Labute approximate surface area is 115 Å². The highest BCUT2D eigenvalue weighted by Gasteiger charge is 2.49. The van der Waals surface area contributed by atoms with Gasteiger partial charge >= 0.3 is 6.03 Å². The van der Waals surface area contributed by atoms with Crippen molar-refractivity contribution < 1.29 is 9.59 Å². The second-order valence-electron chi connectivity index (χ2n) is 4.67. The van der Waals surface area contributed by atoms with E-state index in [0.717, 1.165) is 4.90 Å². The summed E-state index contributed by atoms with van der Waals surface area (Å²) in [6.45, 7) is 3.39. The van der Waals surface area contributed by atoms with Crippen molar-refractivity contribution in [2.45, 2.75) is 19.4 Å². The molecular weight excluding hydrogens is 275 g/mol. The largest absolute Gasteiger partial charge is 0.332 e. The summed E-state index contributed by atoms with van der Waals surface area (Å²) in [4.78, 5) is 26.8. The zero-order valence-corrected chi connectivity index (χ0v) is 11.7. The minimum absolute atomic E-state index is 0.298. The summed E-state index contributed by atoms with van der Waals surface area (Å²) >= 11 is 11.8. The Kier molecular flexibility index (Phi) is 3.03. The SMILES string of the molecule is CN1C(=O)N(c2cc(Cl)cc(Cl)c2)C(=O)C1(C)C. The average molecular weight is 287 g/mol. The molecule has 0 N–H and O–H groups in total. The van der Waals surface area contributed by atoms with E-state index in [1.807, 2.05) is 0 Å². The van der Waals surface area contributed by atoms with Gasteiger partial charge < -0.3 is 4.90 Å². The van der Waals surface area contributed by atoms with E-state index in [2.05, 4.69) is 0 Å². The van der Waals surface area contributed by atoms with E-state index in [9.17, 15) is 9.59 Å². The molecule has 0 aromatic heterocycles. The lowest BCUT2D eigenvalue weighted by molar-refractivity contribution is -0.123. The molecule has 1 fully saturated rings. The molecule has 0 atom stereocenters. The van der Waals surface area contributed by atoms with Gasteiger partial charge in [-0.05, 0) is 32.0 Å². The summed E-state index contributed by atoms with van der Waals surface area (Å²) in [7, 11) is 1.59. The molecule has 0 aliphatic carbocycles. The van der Waals surface area contributed by atoms with Crippen molar-refractivity contribution in [1.82, 2.24) is 4.90 Å². The van der Waals surface area contributed by atoms with E-state index in [1.54, 1.807) is 39.1 Å². The Morgan fingerprint density at radius 2 is 1.56 bits per heavy atom. The van der Waals surface area contributed by atoms with E-state index in [-0.39, 0.29) is 11.9 Å². The Balaban J connectivity index is 2.52. The van der Waals surface area contributed by atoms with Crippen LogP contribution in [0.1, 0.15) is 13.8 Å². The molecule has 1 aliphatic rings. The van der Waals surface area contributed by atoms with Gasteiger partial charge in [0, 0.05) is 17.1 Å². The van der Waals surface area contributed by atoms with Crippen molar-refractivity contribution in [2.75, 3.05) is 11.9 Å². The summed E-state index contributed by atoms with van der Waals surface area (Å²) in [6.07, 6.45) is 0. The number of benzene rings is 1. The van der Waals surface area contributed by atoms with Crippen LogP contribution in [-0.2, 0) is 4.79 Å². The average Bonchev–Trinajstić information content (AvgIpc) is 2.39. The predicted molar refractivity (Wildman–Crippen MR) is 71.2 cm³/mol. The number of imide groups is 1. The number of hydrogen-bond acceptors (Lipinski definition) is 2. The molecule has 1 aliphatic heterocycles. The Bertz CT molecular complexity index is 523. The highest BCUT2D eigenvalue weighted by atomic mass is 35.5. The second kappa shape index (κ2) is 4.14. The summed E-state index contributed by atoms with van der Waals surface area (Å²) in [5, 5.41) is 0.760. The van der Waals surface area contributed by atoms with Crippen molar-refractivity contribution in [2.24, 2.45) is 0 Å². The minimum Gasteiger partial charge on any atom is -0.313 e. The van der Waals surface area contributed by atoms with Crippen LogP contribution >= 0.6 is 23.2 Å². The molecule has 0 unspecified atom stereocenters. The number of hydrogen-bond donors (Lipinski definition) is 0. The fourth-order valence-electron chi connectivity index (χ4n) is 1.79. The highest BCUT2D eigenvalue weighted by Crippen LogP contribution is 2.33. The number of amides is 3.